The lowest BCUT2D eigenvalue weighted by Gasteiger charge is -2.31. The summed E-state index contributed by atoms with van der Waals surface area (Å²) in [4.78, 5) is 27.3. The van der Waals surface area contributed by atoms with Gasteiger partial charge in [0.15, 0.2) is 0 Å². The third-order valence-corrected chi connectivity index (χ3v) is 5.58. The number of nitrogens with one attached hydrogen (secondary N) is 1. The first-order chi connectivity index (χ1) is 12.1. The van der Waals surface area contributed by atoms with Crippen LogP contribution in [0.4, 0.5) is 0 Å². The van der Waals surface area contributed by atoms with Crippen molar-refractivity contribution in [1.82, 2.24) is 10.2 Å². The van der Waals surface area contributed by atoms with Crippen LogP contribution in [0.15, 0.2) is 41.8 Å². The summed E-state index contributed by atoms with van der Waals surface area (Å²) in [6.07, 6.45) is 2.21. The minimum atomic E-state index is -0.00764. The van der Waals surface area contributed by atoms with Crippen LogP contribution in [0, 0.1) is 5.92 Å². The van der Waals surface area contributed by atoms with Gasteiger partial charge in [-0.3, -0.25) is 9.59 Å². The number of rotatable bonds is 5. The van der Waals surface area contributed by atoms with Crippen LogP contribution in [0.25, 0.3) is 0 Å². The number of hydrogen-bond acceptors (Lipinski definition) is 3. The Bertz CT molecular complexity index is 725. The van der Waals surface area contributed by atoms with E-state index in [4.69, 9.17) is 11.6 Å². The first kappa shape index (κ1) is 18.0. The number of carbonyl (C=O) groups is 2. The zero-order chi connectivity index (χ0) is 17.6. The molecule has 1 aliphatic heterocycles. The molecule has 0 aliphatic carbocycles. The number of likely N-dealkylation sites (tertiary alicyclic amines) is 1. The molecule has 0 atom stereocenters. The Labute approximate surface area is 156 Å². The highest BCUT2D eigenvalue weighted by Crippen LogP contribution is 2.21. The van der Waals surface area contributed by atoms with E-state index in [1.807, 2.05) is 46.7 Å². The Hall–Kier alpha value is -1.85. The second kappa shape index (κ2) is 8.50. The minimum Gasteiger partial charge on any atom is -0.356 e. The molecule has 0 saturated carbocycles. The van der Waals surface area contributed by atoms with E-state index in [0.29, 0.717) is 24.7 Å². The van der Waals surface area contributed by atoms with Gasteiger partial charge in [0.25, 0.3) is 5.91 Å². The largest absolute Gasteiger partial charge is 0.356 e. The molecule has 4 nitrogen and oxygen atoms in total. The van der Waals surface area contributed by atoms with Gasteiger partial charge in [-0.2, -0.15) is 0 Å². The number of carbonyl (C=O) groups excluding carboxylic acids is 2. The molecule has 2 aromatic rings. The van der Waals surface area contributed by atoms with Gasteiger partial charge in [0, 0.05) is 30.6 Å². The predicted molar refractivity (Wildman–Crippen MR) is 101 cm³/mol. The first-order valence-electron chi connectivity index (χ1n) is 8.48. The Balaban J connectivity index is 1.41. The Morgan fingerprint density at radius 1 is 1.20 bits per heavy atom. The summed E-state index contributed by atoms with van der Waals surface area (Å²) in [7, 11) is 0. The molecular weight excluding hydrogens is 356 g/mol. The van der Waals surface area contributed by atoms with Crippen LogP contribution in [0.3, 0.4) is 0 Å². The van der Waals surface area contributed by atoms with Crippen LogP contribution in [0.1, 0.15) is 28.1 Å². The number of nitrogens with zero attached hydrogens (tertiary/aromatic N) is 1. The molecule has 1 aliphatic rings. The van der Waals surface area contributed by atoms with Crippen molar-refractivity contribution in [3.63, 3.8) is 0 Å². The standard InChI is InChI=1S/C19H21ClN2O2S/c20-16-4-1-3-14(13-16)6-9-21-18(23)15-7-10-22(11-8-15)19(24)17-5-2-12-25-17/h1-5,12-13,15H,6-11H2,(H,21,23). The van der Waals surface area contributed by atoms with E-state index in [0.717, 1.165) is 29.7 Å². The SMILES string of the molecule is O=C(NCCc1cccc(Cl)c1)C1CCN(C(=O)c2cccs2)CC1. The van der Waals surface area contributed by atoms with Crippen LogP contribution in [-0.4, -0.2) is 36.3 Å². The van der Waals surface area contributed by atoms with Crippen LogP contribution in [0.5, 0.6) is 0 Å². The van der Waals surface area contributed by atoms with Crippen molar-refractivity contribution in [2.24, 2.45) is 5.92 Å². The number of amides is 2. The van der Waals surface area contributed by atoms with Gasteiger partial charge in [-0.15, -0.1) is 11.3 Å². The molecule has 25 heavy (non-hydrogen) atoms. The van der Waals surface area contributed by atoms with Gasteiger partial charge < -0.3 is 10.2 Å². The van der Waals surface area contributed by atoms with Gasteiger partial charge >= 0.3 is 0 Å². The molecule has 3 rings (SSSR count). The van der Waals surface area contributed by atoms with E-state index in [-0.39, 0.29) is 17.7 Å². The Morgan fingerprint density at radius 2 is 2.00 bits per heavy atom. The molecule has 1 N–H and O–H groups in total. The molecule has 6 heteroatoms. The van der Waals surface area contributed by atoms with Gasteiger partial charge in [0.1, 0.15) is 0 Å². The molecule has 1 aromatic carbocycles. The van der Waals surface area contributed by atoms with Gasteiger partial charge in [-0.25, -0.2) is 0 Å². The van der Waals surface area contributed by atoms with E-state index >= 15 is 0 Å². The van der Waals surface area contributed by atoms with Crippen molar-refractivity contribution in [2.45, 2.75) is 19.3 Å². The molecule has 132 valence electrons. The van der Waals surface area contributed by atoms with Crippen LogP contribution < -0.4 is 5.32 Å². The lowest BCUT2D eigenvalue weighted by molar-refractivity contribution is -0.126. The summed E-state index contributed by atoms with van der Waals surface area (Å²) in [5, 5.41) is 5.63. The average molecular weight is 377 g/mol. The third-order valence-electron chi connectivity index (χ3n) is 4.49. The van der Waals surface area contributed by atoms with E-state index in [1.165, 1.54) is 11.3 Å². The number of piperidine rings is 1. The predicted octanol–water partition coefficient (Wildman–Crippen LogP) is 3.61. The summed E-state index contributed by atoms with van der Waals surface area (Å²) in [5.74, 6) is 0.159. The molecule has 0 spiro atoms. The maximum atomic E-state index is 12.3. The first-order valence-corrected chi connectivity index (χ1v) is 9.74. The van der Waals surface area contributed by atoms with Gasteiger partial charge in [-0.1, -0.05) is 29.8 Å². The van der Waals surface area contributed by atoms with Gasteiger partial charge in [0.05, 0.1) is 4.88 Å². The highest BCUT2D eigenvalue weighted by atomic mass is 35.5. The molecule has 1 saturated heterocycles. The quantitative estimate of drug-likeness (QED) is 0.866. The van der Waals surface area contributed by atoms with E-state index in [9.17, 15) is 9.59 Å². The van der Waals surface area contributed by atoms with Crippen molar-refractivity contribution in [3.05, 3.63) is 57.2 Å². The highest BCUT2D eigenvalue weighted by molar-refractivity contribution is 7.12. The summed E-state index contributed by atoms with van der Waals surface area (Å²) in [6.45, 7) is 1.89. The Kier molecular flexibility index (Phi) is 6.10. The van der Waals surface area contributed by atoms with Crippen LogP contribution in [-0.2, 0) is 11.2 Å². The molecule has 0 radical (unpaired) electrons. The van der Waals surface area contributed by atoms with Crippen molar-refractivity contribution in [3.8, 4) is 0 Å². The topological polar surface area (TPSA) is 49.4 Å². The molecule has 2 heterocycles. The van der Waals surface area contributed by atoms with Crippen molar-refractivity contribution >= 4 is 34.8 Å². The van der Waals surface area contributed by atoms with Crippen LogP contribution in [0.2, 0.25) is 5.02 Å². The second-order valence-electron chi connectivity index (χ2n) is 6.21. The number of halogens is 1. The normalized spacial score (nSPS) is 15.2. The number of benzene rings is 1. The second-order valence-corrected chi connectivity index (χ2v) is 7.60. The molecule has 0 unspecified atom stereocenters. The van der Waals surface area contributed by atoms with Gasteiger partial charge in [-0.05, 0) is 48.4 Å². The molecule has 0 bridgehead atoms. The summed E-state index contributed by atoms with van der Waals surface area (Å²) >= 11 is 7.43. The Morgan fingerprint density at radius 3 is 2.68 bits per heavy atom. The third kappa shape index (κ3) is 4.83. The average Bonchev–Trinajstić information content (AvgIpc) is 3.16. The van der Waals surface area contributed by atoms with Crippen LogP contribution >= 0.6 is 22.9 Å². The summed E-state index contributed by atoms with van der Waals surface area (Å²) in [5.41, 5.74) is 1.11. The zero-order valence-corrected chi connectivity index (χ0v) is 15.5. The fourth-order valence-electron chi connectivity index (χ4n) is 3.07. The van der Waals surface area contributed by atoms with E-state index in [1.54, 1.807) is 0 Å². The summed E-state index contributed by atoms with van der Waals surface area (Å²) in [6, 6.07) is 11.4. The van der Waals surface area contributed by atoms with Crippen molar-refractivity contribution in [2.75, 3.05) is 19.6 Å². The van der Waals surface area contributed by atoms with Crippen molar-refractivity contribution < 1.29 is 9.59 Å². The number of thiophene rings is 1. The van der Waals surface area contributed by atoms with E-state index in [2.05, 4.69) is 5.32 Å². The molecular formula is C19H21ClN2O2S. The lowest BCUT2D eigenvalue weighted by atomic mass is 9.95. The maximum absolute atomic E-state index is 12.3. The highest BCUT2D eigenvalue weighted by Gasteiger charge is 2.27. The maximum Gasteiger partial charge on any atom is 0.263 e. The van der Waals surface area contributed by atoms with Crippen molar-refractivity contribution in [1.29, 1.82) is 0 Å². The zero-order valence-electron chi connectivity index (χ0n) is 13.9. The minimum absolute atomic E-state index is 0.00764. The fraction of sp³-hybridized carbons (Fsp3) is 0.368. The fourth-order valence-corrected chi connectivity index (χ4v) is 3.97. The lowest BCUT2D eigenvalue weighted by Crippen LogP contribution is -2.43. The smallest absolute Gasteiger partial charge is 0.263 e. The monoisotopic (exact) mass is 376 g/mol. The summed E-state index contributed by atoms with van der Waals surface area (Å²) < 4.78 is 0. The van der Waals surface area contributed by atoms with E-state index < -0.39 is 0 Å². The van der Waals surface area contributed by atoms with Gasteiger partial charge in [0.2, 0.25) is 5.91 Å². The molecule has 1 aromatic heterocycles. The molecule has 1 fully saturated rings. The number of hydrogen-bond donors (Lipinski definition) is 1. The molecule has 2 amide bonds.